The van der Waals surface area contributed by atoms with Crippen molar-refractivity contribution in [1.82, 2.24) is 24.9 Å². The molecule has 0 saturated heterocycles. The zero-order valence-corrected chi connectivity index (χ0v) is 19.3. The van der Waals surface area contributed by atoms with Gasteiger partial charge in [-0.15, -0.1) is 11.3 Å². The summed E-state index contributed by atoms with van der Waals surface area (Å²) in [6, 6.07) is 3.77. The standard InChI is InChI=1S/C23H22ClFN6OS/c24-17-9-27-23-19(29-17)14(8-26-23)21-30-20(16-6-5-13(10-32)33-16)18(25)22(31-21)28-15-7-11-1-3-12(15)4-2-11/h5-6,8-9,11-12,15,32H,1-4,7,10H2,(H,26,27)(H,28,30,31)/t11?,12?,15-/m1/s1. The number of fused-ring (bicyclic) bond motifs is 4. The van der Waals surface area contributed by atoms with Crippen molar-refractivity contribution in [2.45, 2.75) is 44.8 Å². The van der Waals surface area contributed by atoms with E-state index in [0.29, 0.717) is 39.3 Å². The molecule has 2 bridgehead atoms. The molecule has 3 fully saturated rings. The molecule has 4 heterocycles. The molecule has 0 aromatic carbocycles. The zero-order chi connectivity index (χ0) is 22.5. The Kier molecular flexibility index (Phi) is 5.27. The van der Waals surface area contributed by atoms with Crippen LogP contribution in [0.25, 0.3) is 33.1 Å². The van der Waals surface area contributed by atoms with Crippen molar-refractivity contribution in [3.63, 3.8) is 0 Å². The van der Waals surface area contributed by atoms with Crippen LogP contribution in [0.1, 0.15) is 37.0 Å². The van der Waals surface area contributed by atoms with Crippen molar-refractivity contribution in [2.75, 3.05) is 5.32 Å². The van der Waals surface area contributed by atoms with E-state index in [9.17, 15) is 5.11 Å². The zero-order valence-electron chi connectivity index (χ0n) is 17.7. The lowest BCUT2D eigenvalue weighted by Gasteiger charge is -2.42. The number of halogens is 2. The highest BCUT2D eigenvalue weighted by atomic mass is 35.5. The third kappa shape index (κ3) is 3.78. The van der Waals surface area contributed by atoms with Crippen LogP contribution < -0.4 is 5.32 Å². The second kappa shape index (κ2) is 8.30. The van der Waals surface area contributed by atoms with Crippen molar-refractivity contribution in [3.8, 4) is 22.0 Å². The summed E-state index contributed by atoms with van der Waals surface area (Å²) in [4.78, 5) is 22.3. The summed E-state index contributed by atoms with van der Waals surface area (Å²) < 4.78 is 15.8. The molecule has 10 heteroatoms. The van der Waals surface area contributed by atoms with Crippen LogP contribution in [0.15, 0.2) is 24.5 Å². The molecule has 3 aliphatic rings. The van der Waals surface area contributed by atoms with Gasteiger partial charge in [-0.1, -0.05) is 24.4 Å². The molecule has 1 atom stereocenters. The largest absolute Gasteiger partial charge is 0.391 e. The van der Waals surface area contributed by atoms with E-state index in [0.717, 1.165) is 11.3 Å². The Morgan fingerprint density at radius 1 is 1.18 bits per heavy atom. The number of anilines is 1. The number of hydrogen-bond donors (Lipinski definition) is 3. The van der Waals surface area contributed by atoms with Gasteiger partial charge in [-0.25, -0.2) is 24.3 Å². The minimum Gasteiger partial charge on any atom is -0.391 e. The third-order valence-corrected chi connectivity index (χ3v) is 8.12. The first kappa shape index (κ1) is 20.9. The van der Waals surface area contributed by atoms with E-state index in [1.54, 1.807) is 18.3 Å². The van der Waals surface area contributed by atoms with Crippen molar-refractivity contribution in [2.24, 2.45) is 11.8 Å². The van der Waals surface area contributed by atoms with Crippen molar-refractivity contribution in [3.05, 3.63) is 40.4 Å². The Hall–Kier alpha value is -2.62. The fourth-order valence-electron chi connectivity index (χ4n) is 5.19. The number of thiophene rings is 1. The molecule has 0 aliphatic heterocycles. The SMILES string of the molecule is OCc1ccc(-c2nc(-c3c[nH]c4ncc(Cl)nc34)nc(N[C@@H]3CC4CCC3CC4)c2F)s1. The lowest BCUT2D eigenvalue weighted by atomic mass is 9.68. The molecule has 170 valence electrons. The highest BCUT2D eigenvalue weighted by Crippen LogP contribution is 2.43. The van der Waals surface area contributed by atoms with Crippen LogP contribution in [0.3, 0.4) is 0 Å². The molecule has 3 saturated carbocycles. The monoisotopic (exact) mass is 484 g/mol. The Morgan fingerprint density at radius 3 is 2.76 bits per heavy atom. The molecule has 3 N–H and O–H groups in total. The highest BCUT2D eigenvalue weighted by Gasteiger charge is 2.36. The van der Waals surface area contributed by atoms with Gasteiger partial charge in [0.15, 0.2) is 23.1 Å². The predicted molar refractivity (Wildman–Crippen MR) is 127 cm³/mol. The van der Waals surface area contributed by atoms with Gasteiger partial charge in [-0.05, 0) is 43.2 Å². The molecular formula is C23H22ClFN6OS. The van der Waals surface area contributed by atoms with E-state index in [1.807, 2.05) is 0 Å². The van der Waals surface area contributed by atoms with Crippen molar-refractivity contribution in [1.29, 1.82) is 0 Å². The molecule has 4 aromatic rings. The summed E-state index contributed by atoms with van der Waals surface area (Å²) in [5.74, 6) is 1.31. The van der Waals surface area contributed by atoms with Gasteiger partial charge in [-0.3, -0.25) is 0 Å². The fraction of sp³-hybridized carbons (Fsp3) is 0.391. The number of aromatic nitrogens is 5. The number of nitrogens with one attached hydrogen (secondary N) is 2. The number of hydrogen-bond acceptors (Lipinski definition) is 7. The number of rotatable bonds is 5. The number of nitrogens with zero attached hydrogens (tertiary/aromatic N) is 4. The van der Waals surface area contributed by atoms with Crippen LogP contribution >= 0.6 is 22.9 Å². The van der Waals surface area contributed by atoms with Crippen molar-refractivity contribution < 1.29 is 9.50 Å². The van der Waals surface area contributed by atoms with Gasteiger partial charge < -0.3 is 15.4 Å². The van der Waals surface area contributed by atoms with Crippen LogP contribution in [0.5, 0.6) is 0 Å². The molecule has 0 radical (unpaired) electrons. The van der Waals surface area contributed by atoms with Gasteiger partial charge in [0.05, 0.1) is 23.2 Å². The molecule has 7 rings (SSSR count). The lowest BCUT2D eigenvalue weighted by molar-refractivity contribution is 0.157. The Bertz CT molecular complexity index is 1330. The van der Waals surface area contributed by atoms with Gasteiger partial charge in [0.2, 0.25) is 0 Å². The van der Waals surface area contributed by atoms with E-state index >= 15 is 4.39 Å². The highest BCUT2D eigenvalue weighted by molar-refractivity contribution is 7.15. The van der Waals surface area contributed by atoms with Crippen molar-refractivity contribution >= 4 is 39.9 Å². The summed E-state index contributed by atoms with van der Waals surface area (Å²) in [6.07, 6.45) is 9.11. The molecule has 4 aromatic heterocycles. The molecule has 33 heavy (non-hydrogen) atoms. The second-order valence-electron chi connectivity index (χ2n) is 8.84. The second-order valence-corrected chi connectivity index (χ2v) is 10.4. The van der Waals surface area contributed by atoms with Gasteiger partial charge in [-0.2, -0.15) is 0 Å². The minimum absolute atomic E-state index is 0.100. The smallest absolute Gasteiger partial charge is 0.192 e. The van der Waals surface area contributed by atoms with E-state index in [-0.39, 0.29) is 29.3 Å². The maximum Gasteiger partial charge on any atom is 0.192 e. The Balaban J connectivity index is 1.48. The third-order valence-electron chi connectivity index (χ3n) is 6.86. The first-order chi connectivity index (χ1) is 16.1. The number of aliphatic hydroxyl groups excluding tert-OH is 1. The van der Waals surface area contributed by atoms with Crippen LogP contribution in [0.2, 0.25) is 5.15 Å². The van der Waals surface area contributed by atoms with Crippen LogP contribution in [0, 0.1) is 17.7 Å². The first-order valence-electron chi connectivity index (χ1n) is 11.1. The van der Waals surface area contributed by atoms with Crippen LogP contribution in [-0.2, 0) is 6.61 Å². The number of aliphatic hydroxyl groups is 1. The summed E-state index contributed by atoms with van der Waals surface area (Å²) in [5, 5.41) is 13.2. The minimum atomic E-state index is -0.476. The van der Waals surface area contributed by atoms with Gasteiger partial charge in [0.25, 0.3) is 0 Å². The average Bonchev–Trinajstić information content (AvgIpc) is 3.48. The van der Waals surface area contributed by atoms with Gasteiger partial charge in [0.1, 0.15) is 16.4 Å². The van der Waals surface area contributed by atoms with Gasteiger partial charge in [0, 0.05) is 17.1 Å². The summed E-state index contributed by atoms with van der Waals surface area (Å²) in [5.41, 5.74) is 1.90. The fourth-order valence-corrected chi connectivity index (χ4v) is 6.17. The number of aromatic amines is 1. The van der Waals surface area contributed by atoms with Gasteiger partial charge >= 0.3 is 0 Å². The normalized spacial score (nSPS) is 22.2. The Morgan fingerprint density at radius 2 is 2.03 bits per heavy atom. The maximum absolute atomic E-state index is 15.8. The summed E-state index contributed by atoms with van der Waals surface area (Å²) in [6.45, 7) is -0.100. The Labute approximate surface area is 198 Å². The van der Waals surface area contributed by atoms with E-state index in [2.05, 4.69) is 30.2 Å². The molecule has 0 amide bonds. The number of H-pyrrole nitrogens is 1. The summed E-state index contributed by atoms with van der Waals surface area (Å²) >= 11 is 7.39. The van der Waals surface area contributed by atoms with E-state index < -0.39 is 5.82 Å². The predicted octanol–water partition coefficient (Wildman–Crippen LogP) is 5.42. The van der Waals surface area contributed by atoms with Crippen LogP contribution in [-0.4, -0.2) is 36.1 Å². The molecule has 3 aliphatic carbocycles. The molecule has 0 unspecified atom stereocenters. The lowest BCUT2D eigenvalue weighted by Crippen LogP contribution is -2.40. The maximum atomic E-state index is 15.8. The molecular weight excluding hydrogens is 463 g/mol. The van der Waals surface area contributed by atoms with E-state index in [1.165, 1.54) is 43.2 Å². The quantitative estimate of drug-likeness (QED) is 0.350. The molecule has 0 spiro atoms. The average molecular weight is 485 g/mol. The van der Waals surface area contributed by atoms with E-state index in [4.69, 9.17) is 11.6 Å². The first-order valence-corrected chi connectivity index (χ1v) is 12.3. The topological polar surface area (TPSA) is 99.6 Å². The summed E-state index contributed by atoms with van der Waals surface area (Å²) in [7, 11) is 0. The van der Waals surface area contributed by atoms with Crippen LogP contribution in [0.4, 0.5) is 10.2 Å². The molecule has 7 nitrogen and oxygen atoms in total.